The van der Waals surface area contributed by atoms with Crippen LogP contribution in [0.5, 0.6) is 0 Å². The Hall–Kier alpha value is -2.10. The number of hydrazone groups is 1. The number of amides is 2. The van der Waals surface area contributed by atoms with Gasteiger partial charge < -0.3 is 5.73 Å². The lowest BCUT2D eigenvalue weighted by molar-refractivity contribution is 0.249. The van der Waals surface area contributed by atoms with Crippen molar-refractivity contribution in [2.24, 2.45) is 10.8 Å². The number of nitrogens with one attached hydrogen (secondary N) is 1. The molecule has 0 aliphatic heterocycles. The summed E-state index contributed by atoms with van der Waals surface area (Å²) in [5.74, 6) is 0. The van der Waals surface area contributed by atoms with Crippen LogP contribution in [0.4, 0.5) is 4.79 Å². The highest BCUT2D eigenvalue weighted by Gasteiger charge is 2.02. The predicted octanol–water partition coefficient (Wildman–Crippen LogP) is 2.42. The van der Waals surface area contributed by atoms with Crippen molar-refractivity contribution in [3.8, 4) is 0 Å². The maximum Gasteiger partial charge on any atom is 0.332 e. The van der Waals surface area contributed by atoms with E-state index >= 15 is 0 Å². The SMILES string of the molecule is C/C=C\CC/C(=N\NC(N)=O)c1ccccc1. The first-order valence-electron chi connectivity index (χ1n) is 5.52. The molecule has 0 aromatic heterocycles. The van der Waals surface area contributed by atoms with Crippen LogP contribution in [0.2, 0.25) is 0 Å². The van der Waals surface area contributed by atoms with Gasteiger partial charge in [-0.3, -0.25) is 0 Å². The van der Waals surface area contributed by atoms with Gasteiger partial charge in [-0.2, -0.15) is 5.10 Å². The first-order valence-corrected chi connectivity index (χ1v) is 5.52. The van der Waals surface area contributed by atoms with Crippen LogP contribution in [0.15, 0.2) is 47.6 Å². The Kier molecular flexibility index (Phi) is 5.51. The molecule has 0 atom stereocenters. The molecule has 0 aliphatic carbocycles. The number of nitrogens with zero attached hydrogens (tertiary/aromatic N) is 1. The lowest BCUT2D eigenvalue weighted by atomic mass is 10.1. The van der Waals surface area contributed by atoms with Crippen molar-refractivity contribution in [3.63, 3.8) is 0 Å². The zero-order valence-electron chi connectivity index (χ0n) is 9.89. The molecule has 4 nitrogen and oxygen atoms in total. The molecule has 4 heteroatoms. The van der Waals surface area contributed by atoms with Crippen molar-refractivity contribution in [1.29, 1.82) is 0 Å². The molecular weight excluding hydrogens is 214 g/mol. The van der Waals surface area contributed by atoms with Crippen LogP contribution in [-0.4, -0.2) is 11.7 Å². The normalized spacial score (nSPS) is 11.7. The van der Waals surface area contributed by atoms with Gasteiger partial charge in [-0.1, -0.05) is 42.5 Å². The molecular formula is C13H17N3O. The predicted molar refractivity (Wildman–Crippen MR) is 69.7 cm³/mol. The topological polar surface area (TPSA) is 67.5 Å². The van der Waals surface area contributed by atoms with Gasteiger partial charge in [-0.15, -0.1) is 0 Å². The van der Waals surface area contributed by atoms with Crippen molar-refractivity contribution in [1.82, 2.24) is 5.43 Å². The monoisotopic (exact) mass is 231 g/mol. The van der Waals surface area contributed by atoms with Gasteiger partial charge in [0.05, 0.1) is 5.71 Å². The van der Waals surface area contributed by atoms with Crippen LogP contribution in [0, 0.1) is 0 Å². The molecule has 1 aromatic rings. The molecule has 1 rings (SSSR count). The van der Waals surface area contributed by atoms with Gasteiger partial charge in [-0.25, -0.2) is 10.2 Å². The molecule has 0 saturated heterocycles. The summed E-state index contributed by atoms with van der Waals surface area (Å²) in [6, 6.07) is 9.07. The van der Waals surface area contributed by atoms with E-state index in [-0.39, 0.29) is 0 Å². The number of hydrogen-bond donors (Lipinski definition) is 2. The molecule has 17 heavy (non-hydrogen) atoms. The van der Waals surface area contributed by atoms with Crippen LogP contribution in [0.1, 0.15) is 25.3 Å². The molecule has 0 bridgehead atoms. The third-order valence-electron chi connectivity index (χ3n) is 2.19. The lowest BCUT2D eigenvalue weighted by Crippen LogP contribution is -2.26. The molecule has 0 unspecified atom stereocenters. The zero-order chi connectivity index (χ0) is 12.5. The quantitative estimate of drug-likeness (QED) is 0.456. The van der Waals surface area contributed by atoms with E-state index < -0.39 is 6.03 Å². The van der Waals surface area contributed by atoms with Crippen molar-refractivity contribution in [3.05, 3.63) is 48.0 Å². The first-order chi connectivity index (χ1) is 8.24. The summed E-state index contributed by atoms with van der Waals surface area (Å²) in [6.45, 7) is 1.97. The molecule has 90 valence electrons. The molecule has 0 aliphatic rings. The summed E-state index contributed by atoms with van der Waals surface area (Å²) in [5.41, 5.74) is 9.09. The maximum absolute atomic E-state index is 10.7. The van der Waals surface area contributed by atoms with E-state index in [0.717, 1.165) is 24.1 Å². The molecule has 1 aromatic carbocycles. The summed E-state index contributed by atoms with van der Waals surface area (Å²) >= 11 is 0. The number of allylic oxidation sites excluding steroid dienone is 2. The van der Waals surface area contributed by atoms with E-state index in [0.29, 0.717) is 0 Å². The summed E-state index contributed by atoms with van der Waals surface area (Å²) < 4.78 is 0. The third kappa shape index (κ3) is 4.97. The zero-order valence-corrected chi connectivity index (χ0v) is 9.89. The molecule has 3 N–H and O–H groups in total. The van der Waals surface area contributed by atoms with Crippen molar-refractivity contribution in [2.45, 2.75) is 19.8 Å². The Balaban J connectivity index is 2.78. The minimum Gasteiger partial charge on any atom is -0.350 e. The fraction of sp³-hybridized carbons (Fsp3) is 0.231. The lowest BCUT2D eigenvalue weighted by Gasteiger charge is -2.05. The van der Waals surface area contributed by atoms with Gasteiger partial charge in [0.1, 0.15) is 0 Å². The average Bonchev–Trinajstić information content (AvgIpc) is 2.34. The number of hydrogen-bond acceptors (Lipinski definition) is 2. The maximum atomic E-state index is 10.7. The van der Waals surface area contributed by atoms with Gasteiger partial charge in [0.25, 0.3) is 0 Å². The number of primary amides is 1. The number of rotatable bonds is 5. The molecule has 0 fully saturated rings. The van der Waals surface area contributed by atoms with Gasteiger partial charge in [-0.05, 0) is 25.3 Å². The van der Waals surface area contributed by atoms with Crippen LogP contribution >= 0.6 is 0 Å². The Morgan fingerprint density at radius 1 is 1.41 bits per heavy atom. The molecule has 0 spiro atoms. The third-order valence-corrected chi connectivity index (χ3v) is 2.19. The smallest absolute Gasteiger partial charge is 0.332 e. The first kappa shape index (κ1) is 13.0. The fourth-order valence-corrected chi connectivity index (χ4v) is 1.40. The Bertz CT molecular complexity index is 410. The average molecular weight is 231 g/mol. The molecule has 0 heterocycles. The fourth-order valence-electron chi connectivity index (χ4n) is 1.40. The standard InChI is InChI=1S/C13H17N3O/c1-2-3-5-10-12(15-16-13(14)17)11-8-6-4-7-9-11/h2-4,6-9H,5,10H2,1H3,(H3,14,16,17)/b3-2-,15-12+. The summed E-state index contributed by atoms with van der Waals surface area (Å²) in [5, 5.41) is 4.02. The van der Waals surface area contributed by atoms with Crippen LogP contribution < -0.4 is 11.2 Å². The van der Waals surface area contributed by atoms with E-state index in [1.165, 1.54) is 0 Å². The van der Waals surface area contributed by atoms with Gasteiger partial charge >= 0.3 is 6.03 Å². The largest absolute Gasteiger partial charge is 0.350 e. The second-order valence-corrected chi connectivity index (χ2v) is 3.51. The second kappa shape index (κ2) is 7.22. The van der Waals surface area contributed by atoms with Gasteiger partial charge in [0.15, 0.2) is 0 Å². The number of nitrogens with two attached hydrogens (primary N) is 1. The van der Waals surface area contributed by atoms with Gasteiger partial charge in [0, 0.05) is 0 Å². The summed E-state index contributed by atoms with van der Waals surface area (Å²) in [6.07, 6.45) is 5.69. The van der Waals surface area contributed by atoms with E-state index in [9.17, 15) is 4.79 Å². The molecule has 2 amide bonds. The summed E-state index contributed by atoms with van der Waals surface area (Å²) in [7, 11) is 0. The minimum atomic E-state index is -0.649. The minimum absolute atomic E-state index is 0.649. The van der Waals surface area contributed by atoms with Gasteiger partial charge in [0.2, 0.25) is 0 Å². The summed E-state index contributed by atoms with van der Waals surface area (Å²) in [4.78, 5) is 10.7. The second-order valence-electron chi connectivity index (χ2n) is 3.51. The van der Waals surface area contributed by atoms with Crippen molar-refractivity contribution in [2.75, 3.05) is 0 Å². The van der Waals surface area contributed by atoms with E-state index in [1.807, 2.05) is 43.3 Å². The van der Waals surface area contributed by atoms with E-state index in [4.69, 9.17) is 5.73 Å². The number of urea groups is 1. The highest BCUT2D eigenvalue weighted by atomic mass is 16.2. The Morgan fingerprint density at radius 2 is 2.12 bits per heavy atom. The number of carbonyl (C=O) groups excluding carboxylic acids is 1. The number of carbonyl (C=O) groups is 1. The Labute approximate surface area is 101 Å². The molecule has 0 radical (unpaired) electrons. The number of benzene rings is 1. The Morgan fingerprint density at radius 3 is 2.71 bits per heavy atom. The van der Waals surface area contributed by atoms with Crippen LogP contribution in [0.25, 0.3) is 0 Å². The van der Waals surface area contributed by atoms with E-state index in [1.54, 1.807) is 0 Å². The van der Waals surface area contributed by atoms with Crippen LogP contribution in [0.3, 0.4) is 0 Å². The van der Waals surface area contributed by atoms with E-state index in [2.05, 4.69) is 16.6 Å². The van der Waals surface area contributed by atoms with Crippen molar-refractivity contribution >= 4 is 11.7 Å². The highest BCUT2D eigenvalue weighted by molar-refractivity contribution is 6.01. The van der Waals surface area contributed by atoms with Crippen LogP contribution in [-0.2, 0) is 0 Å². The molecule has 0 saturated carbocycles. The van der Waals surface area contributed by atoms with Crippen molar-refractivity contribution < 1.29 is 4.79 Å². The highest BCUT2D eigenvalue weighted by Crippen LogP contribution is 2.06.